The van der Waals surface area contributed by atoms with Crippen molar-refractivity contribution < 1.29 is 32.8 Å². The zero-order chi connectivity index (χ0) is 32.0. The summed E-state index contributed by atoms with van der Waals surface area (Å²) in [6, 6.07) is 6.00. The molecule has 3 rings (SSSR count). The maximum absolute atomic E-state index is 13.3. The van der Waals surface area contributed by atoms with Crippen LogP contribution in [0, 0.1) is 17.7 Å². The highest BCUT2D eigenvalue weighted by atomic mass is 35.5. The van der Waals surface area contributed by atoms with Crippen LogP contribution in [-0.2, 0) is 35.0 Å². The molecule has 0 aliphatic carbocycles. The van der Waals surface area contributed by atoms with Gasteiger partial charge in [0, 0.05) is 12.5 Å². The molecule has 0 aliphatic rings. The first-order valence-corrected chi connectivity index (χ1v) is 15.6. The monoisotopic (exact) mass is 651 g/mol. The van der Waals surface area contributed by atoms with Gasteiger partial charge in [0.05, 0.1) is 72.6 Å². The summed E-state index contributed by atoms with van der Waals surface area (Å²) in [7, 11) is 0. The molecular formula is C31H43ClFN5O7. The Kier molecular flexibility index (Phi) is 18.1. The molecule has 0 amide bonds. The van der Waals surface area contributed by atoms with Crippen LogP contribution in [-0.4, -0.2) is 105 Å². The van der Waals surface area contributed by atoms with E-state index < -0.39 is 5.56 Å². The van der Waals surface area contributed by atoms with Gasteiger partial charge in [-0.3, -0.25) is 14.3 Å². The minimum absolute atomic E-state index is 0.0341. The molecule has 0 saturated heterocycles. The Morgan fingerprint density at radius 2 is 1.33 bits per heavy atom. The first-order chi connectivity index (χ1) is 22.1. The second kappa shape index (κ2) is 22.4. The molecule has 45 heavy (non-hydrogen) atoms. The summed E-state index contributed by atoms with van der Waals surface area (Å²) in [5.41, 5.74) is 6.46. The van der Waals surface area contributed by atoms with Crippen molar-refractivity contribution in [3.8, 4) is 11.8 Å². The Hall–Kier alpha value is -3.09. The van der Waals surface area contributed by atoms with Crippen LogP contribution in [0.2, 0.25) is 0 Å². The number of nitrogens with zero attached hydrogens (tertiary/aromatic N) is 3. The number of anilines is 1. The number of nitrogens with one attached hydrogen (secondary N) is 1. The number of benzene rings is 1. The maximum atomic E-state index is 13.3. The summed E-state index contributed by atoms with van der Waals surface area (Å²) >= 11 is 5.65. The fraction of sp³-hybridized carbons (Fsp3) is 0.581. The first kappa shape index (κ1) is 36.4. The topological polar surface area (TPSA) is 145 Å². The van der Waals surface area contributed by atoms with Gasteiger partial charge < -0.3 is 34.2 Å². The van der Waals surface area contributed by atoms with Crippen molar-refractivity contribution in [2.24, 2.45) is 0 Å². The highest BCUT2D eigenvalue weighted by Crippen LogP contribution is 2.14. The predicted molar refractivity (Wildman–Crippen MR) is 169 cm³/mol. The fourth-order valence-corrected chi connectivity index (χ4v) is 4.22. The average Bonchev–Trinajstić information content (AvgIpc) is 3.37. The SMILES string of the molecule is Nc1nc2c(nc(C#CCOCCOCCOCCOCCOCCOCCCCCCCl)n2Cc2ccc(F)cc2)c(=O)[nH]1. The van der Waals surface area contributed by atoms with Gasteiger partial charge in [0.2, 0.25) is 5.95 Å². The minimum atomic E-state index is -0.467. The zero-order valence-corrected chi connectivity index (χ0v) is 26.3. The molecule has 3 N–H and O–H groups in total. The Morgan fingerprint density at radius 1 is 0.778 bits per heavy atom. The lowest BCUT2D eigenvalue weighted by atomic mass is 10.2. The van der Waals surface area contributed by atoms with Crippen molar-refractivity contribution in [3.05, 3.63) is 51.8 Å². The molecule has 0 atom stereocenters. The van der Waals surface area contributed by atoms with Crippen LogP contribution in [0.25, 0.3) is 11.2 Å². The van der Waals surface area contributed by atoms with Crippen LogP contribution in [0.15, 0.2) is 29.1 Å². The third-order valence-corrected chi connectivity index (χ3v) is 6.55. The maximum Gasteiger partial charge on any atom is 0.280 e. The lowest BCUT2D eigenvalue weighted by Gasteiger charge is -2.08. The number of nitrogen functional groups attached to an aromatic ring is 1. The van der Waals surface area contributed by atoms with Crippen LogP contribution in [0.3, 0.4) is 0 Å². The quantitative estimate of drug-likeness (QED) is 0.0842. The van der Waals surface area contributed by atoms with Crippen molar-refractivity contribution >= 4 is 28.7 Å². The number of unbranched alkanes of at least 4 members (excludes halogenated alkanes) is 3. The molecule has 12 nitrogen and oxygen atoms in total. The summed E-state index contributed by atoms with van der Waals surface area (Å²) < 4.78 is 48.0. The second-order valence-electron chi connectivity index (χ2n) is 9.79. The molecule has 2 heterocycles. The number of fused-ring (bicyclic) bond motifs is 1. The number of H-pyrrole nitrogens is 1. The molecule has 3 aromatic rings. The van der Waals surface area contributed by atoms with Gasteiger partial charge in [0.25, 0.3) is 5.56 Å². The number of halogens is 2. The Morgan fingerprint density at radius 3 is 1.93 bits per heavy atom. The normalized spacial score (nSPS) is 11.2. The first-order valence-electron chi connectivity index (χ1n) is 15.1. The van der Waals surface area contributed by atoms with Crippen molar-refractivity contribution in [2.75, 3.05) is 90.9 Å². The number of nitrogens with two attached hydrogens (primary N) is 1. The fourth-order valence-electron chi connectivity index (χ4n) is 4.04. The number of imidazole rings is 1. The number of aromatic amines is 1. The molecule has 14 heteroatoms. The smallest absolute Gasteiger partial charge is 0.280 e. The lowest BCUT2D eigenvalue weighted by molar-refractivity contribution is -0.0156. The van der Waals surface area contributed by atoms with E-state index in [-0.39, 0.29) is 30.4 Å². The molecular weight excluding hydrogens is 609 g/mol. The van der Waals surface area contributed by atoms with E-state index >= 15 is 0 Å². The van der Waals surface area contributed by atoms with Crippen molar-refractivity contribution in [1.82, 2.24) is 19.5 Å². The standard InChI is InChI=1S/C31H43ClFN5O7/c32-11-3-1-2-4-12-40-14-16-42-18-20-44-22-23-45-21-19-43-17-15-41-13-5-6-27-35-28-29(36-31(34)37-30(28)39)38(27)24-25-7-9-26(33)10-8-25/h7-10H,1-4,11-24H2,(H3,34,36,37,39). The summed E-state index contributed by atoms with van der Waals surface area (Å²) in [6.45, 7) is 5.94. The molecule has 0 spiro atoms. The summed E-state index contributed by atoms with van der Waals surface area (Å²) in [5, 5.41) is 0. The van der Waals surface area contributed by atoms with E-state index in [4.69, 9.17) is 45.8 Å². The minimum Gasteiger partial charge on any atom is -0.379 e. The summed E-state index contributed by atoms with van der Waals surface area (Å²) in [4.78, 5) is 23.3. The second-order valence-corrected chi connectivity index (χ2v) is 10.2. The average molecular weight is 652 g/mol. The van der Waals surface area contributed by atoms with Crippen molar-refractivity contribution in [2.45, 2.75) is 32.2 Å². The lowest BCUT2D eigenvalue weighted by Crippen LogP contribution is -2.14. The number of aromatic nitrogens is 4. The molecule has 0 fully saturated rings. The number of hydrogen-bond acceptors (Lipinski definition) is 10. The third-order valence-electron chi connectivity index (χ3n) is 6.28. The highest BCUT2D eigenvalue weighted by molar-refractivity contribution is 6.17. The molecule has 0 aliphatic heterocycles. The van der Waals surface area contributed by atoms with Crippen molar-refractivity contribution in [3.63, 3.8) is 0 Å². The van der Waals surface area contributed by atoms with E-state index in [0.29, 0.717) is 77.5 Å². The molecule has 0 saturated carbocycles. The van der Waals surface area contributed by atoms with E-state index in [9.17, 15) is 9.18 Å². The largest absolute Gasteiger partial charge is 0.379 e. The summed E-state index contributed by atoms with van der Waals surface area (Å²) in [6.07, 6.45) is 4.43. The molecule has 0 radical (unpaired) electrons. The van der Waals surface area contributed by atoms with Crippen LogP contribution in [0.1, 0.15) is 37.1 Å². The van der Waals surface area contributed by atoms with Gasteiger partial charge in [-0.05, 0) is 36.5 Å². The number of ether oxygens (including phenoxy) is 6. The Labute approximate surface area is 267 Å². The van der Waals surface area contributed by atoms with Crippen LogP contribution >= 0.6 is 11.6 Å². The number of alkyl halides is 1. The van der Waals surface area contributed by atoms with Crippen LogP contribution < -0.4 is 11.3 Å². The predicted octanol–water partition coefficient (Wildman–Crippen LogP) is 3.14. The van der Waals surface area contributed by atoms with Gasteiger partial charge >= 0.3 is 0 Å². The van der Waals surface area contributed by atoms with E-state index in [1.54, 1.807) is 16.7 Å². The van der Waals surface area contributed by atoms with E-state index in [2.05, 4.69) is 26.8 Å². The zero-order valence-electron chi connectivity index (χ0n) is 25.6. The number of hydrogen-bond donors (Lipinski definition) is 2. The van der Waals surface area contributed by atoms with Gasteiger partial charge in [-0.25, -0.2) is 9.37 Å². The van der Waals surface area contributed by atoms with Crippen LogP contribution in [0.5, 0.6) is 0 Å². The van der Waals surface area contributed by atoms with Crippen LogP contribution in [0.4, 0.5) is 10.3 Å². The molecule has 2 aromatic heterocycles. The third kappa shape index (κ3) is 14.7. The van der Waals surface area contributed by atoms with E-state index in [1.165, 1.54) is 12.1 Å². The number of rotatable bonds is 24. The van der Waals surface area contributed by atoms with E-state index in [0.717, 1.165) is 43.7 Å². The van der Waals surface area contributed by atoms with Crippen molar-refractivity contribution in [1.29, 1.82) is 0 Å². The molecule has 0 unspecified atom stereocenters. The summed E-state index contributed by atoms with van der Waals surface area (Å²) in [5.74, 6) is 6.49. The van der Waals surface area contributed by atoms with Gasteiger partial charge in [-0.1, -0.05) is 30.9 Å². The van der Waals surface area contributed by atoms with Gasteiger partial charge in [-0.15, -0.1) is 11.6 Å². The van der Waals surface area contributed by atoms with Gasteiger partial charge in [0.15, 0.2) is 17.0 Å². The van der Waals surface area contributed by atoms with Gasteiger partial charge in [0.1, 0.15) is 12.4 Å². The molecule has 1 aromatic carbocycles. The van der Waals surface area contributed by atoms with Gasteiger partial charge in [-0.2, -0.15) is 4.98 Å². The highest BCUT2D eigenvalue weighted by Gasteiger charge is 2.15. The Bertz CT molecular complexity index is 1360. The Balaban J connectivity index is 1.20. The molecule has 0 bridgehead atoms. The van der Waals surface area contributed by atoms with E-state index in [1.807, 2.05) is 0 Å². The molecule has 248 valence electrons.